The molecule has 35 heavy (non-hydrogen) atoms. The van der Waals surface area contributed by atoms with Crippen molar-refractivity contribution in [3.05, 3.63) is 82.0 Å². The number of ether oxygens (including phenoxy) is 1. The average molecular weight is 489 g/mol. The second-order valence-electron chi connectivity index (χ2n) is 8.81. The first-order valence-electron chi connectivity index (χ1n) is 11.7. The summed E-state index contributed by atoms with van der Waals surface area (Å²) in [6.07, 6.45) is 5.65. The van der Waals surface area contributed by atoms with E-state index in [0.29, 0.717) is 30.1 Å². The lowest BCUT2D eigenvalue weighted by atomic mass is 9.88. The van der Waals surface area contributed by atoms with Crippen molar-refractivity contribution in [2.75, 3.05) is 11.9 Å². The Hall–Kier alpha value is -3.70. The van der Waals surface area contributed by atoms with Crippen LogP contribution in [-0.2, 0) is 28.9 Å². The fourth-order valence-electron chi connectivity index (χ4n) is 4.26. The minimum atomic E-state index is -0.431. The second-order valence-corrected chi connectivity index (χ2v) is 9.91. The van der Waals surface area contributed by atoms with Gasteiger partial charge in [0.2, 0.25) is 5.91 Å². The Labute approximate surface area is 209 Å². The Balaban J connectivity index is 1.30. The fraction of sp³-hybridized carbons (Fsp3) is 0.333. The molecule has 1 aliphatic carbocycles. The van der Waals surface area contributed by atoms with E-state index < -0.39 is 6.09 Å². The predicted molar refractivity (Wildman–Crippen MR) is 135 cm³/mol. The topological polar surface area (TPSA) is 104 Å². The molecule has 2 heterocycles. The molecule has 0 bridgehead atoms. The van der Waals surface area contributed by atoms with Crippen LogP contribution in [0.3, 0.4) is 0 Å². The molecule has 0 aliphatic heterocycles. The SMILES string of the molecule is CC(CC(=O)Nc1sc2c(c1C#N)CCC(COC(=O)NCc1ccccc1)C2)c1cccnc1. The van der Waals surface area contributed by atoms with Crippen molar-refractivity contribution in [2.45, 2.75) is 45.1 Å². The third kappa shape index (κ3) is 6.46. The number of nitrogens with zero attached hydrogens (tertiary/aromatic N) is 2. The van der Waals surface area contributed by atoms with Crippen molar-refractivity contribution < 1.29 is 14.3 Å². The summed E-state index contributed by atoms with van der Waals surface area (Å²) in [5.74, 6) is 0.0918. The molecule has 1 aromatic carbocycles. The van der Waals surface area contributed by atoms with Gasteiger partial charge in [-0.1, -0.05) is 43.3 Å². The molecule has 2 N–H and O–H groups in total. The first kappa shape index (κ1) is 24.4. The van der Waals surface area contributed by atoms with Crippen LogP contribution >= 0.6 is 11.3 Å². The van der Waals surface area contributed by atoms with E-state index in [1.54, 1.807) is 12.4 Å². The Morgan fingerprint density at radius 2 is 2.09 bits per heavy atom. The quantitative estimate of drug-likeness (QED) is 0.455. The van der Waals surface area contributed by atoms with E-state index in [1.165, 1.54) is 11.3 Å². The first-order valence-corrected chi connectivity index (χ1v) is 12.5. The van der Waals surface area contributed by atoms with Gasteiger partial charge in [-0.2, -0.15) is 5.26 Å². The predicted octanol–water partition coefficient (Wildman–Crippen LogP) is 5.18. The van der Waals surface area contributed by atoms with Crippen LogP contribution in [0.5, 0.6) is 0 Å². The Kier molecular flexibility index (Phi) is 8.11. The molecule has 0 fully saturated rings. The van der Waals surface area contributed by atoms with E-state index in [1.807, 2.05) is 49.4 Å². The highest BCUT2D eigenvalue weighted by Crippen LogP contribution is 2.39. The number of alkyl carbamates (subject to hydrolysis) is 1. The number of anilines is 1. The standard InChI is InChI=1S/C27H28N4O3S/c1-18(21-8-5-11-29-16-21)12-25(32)31-26-23(14-28)22-10-9-20(13-24(22)35-26)17-34-27(33)30-15-19-6-3-2-4-7-19/h2-8,11,16,18,20H,9-10,12-13,15,17H2,1H3,(H,30,33)(H,31,32). The molecule has 0 saturated heterocycles. The lowest BCUT2D eigenvalue weighted by Gasteiger charge is -2.21. The van der Waals surface area contributed by atoms with Crippen LogP contribution in [0.25, 0.3) is 0 Å². The van der Waals surface area contributed by atoms with Gasteiger partial charge < -0.3 is 15.4 Å². The second kappa shape index (κ2) is 11.6. The fourth-order valence-corrected chi connectivity index (χ4v) is 5.59. The number of thiophene rings is 1. The highest BCUT2D eigenvalue weighted by molar-refractivity contribution is 7.16. The number of aromatic nitrogens is 1. The number of hydrogen-bond donors (Lipinski definition) is 2. The maximum atomic E-state index is 12.7. The number of hydrogen-bond acceptors (Lipinski definition) is 6. The Morgan fingerprint density at radius 1 is 1.26 bits per heavy atom. The molecule has 0 spiro atoms. The molecule has 2 unspecified atom stereocenters. The minimum Gasteiger partial charge on any atom is -0.449 e. The normalized spacial score (nSPS) is 15.4. The molecule has 4 rings (SSSR count). The van der Waals surface area contributed by atoms with Gasteiger partial charge in [0, 0.05) is 30.2 Å². The van der Waals surface area contributed by atoms with Gasteiger partial charge in [0.15, 0.2) is 0 Å². The highest BCUT2D eigenvalue weighted by atomic mass is 32.1. The summed E-state index contributed by atoms with van der Waals surface area (Å²) in [4.78, 5) is 30.0. The number of rotatable bonds is 8. The van der Waals surface area contributed by atoms with Crippen molar-refractivity contribution in [3.8, 4) is 6.07 Å². The van der Waals surface area contributed by atoms with Gasteiger partial charge in [0.1, 0.15) is 11.1 Å². The monoisotopic (exact) mass is 488 g/mol. The van der Waals surface area contributed by atoms with E-state index >= 15 is 0 Å². The van der Waals surface area contributed by atoms with Crippen molar-refractivity contribution in [3.63, 3.8) is 0 Å². The number of carbonyl (C=O) groups excluding carboxylic acids is 2. The van der Waals surface area contributed by atoms with E-state index in [4.69, 9.17) is 4.74 Å². The molecule has 8 heteroatoms. The highest BCUT2D eigenvalue weighted by Gasteiger charge is 2.27. The zero-order valence-corrected chi connectivity index (χ0v) is 20.4. The number of fused-ring (bicyclic) bond motifs is 1. The number of nitrogens with one attached hydrogen (secondary N) is 2. The average Bonchev–Trinajstić information content (AvgIpc) is 3.23. The summed E-state index contributed by atoms with van der Waals surface area (Å²) in [5.41, 5.74) is 3.59. The largest absolute Gasteiger partial charge is 0.449 e. The van der Waals surface area contributed by atoms with E-state index in [9.17, 15) is 14.9 Å². The van der Waals surface area contributed by atoms with Crippen molar-refractivity contribution in [2.24, 2.45) is 5.92 Å². The van der Waals surface area contributed by atoms with Gasteiger partial charge in [-0.3, -0.25) is 9.78 Å². The third-order valence-corrected chi connectivity index (χ3v) is 7.38. The van der Waals surface area contributed by atoms with E-state index in [-0.39, 0.29) is 17.7 Å². The maximum absolute atomic E-state index is 12.7. The van der Waals surface area contributed by atoms with Crippen LogP contribution < -0.4 is 10.6 Å². The van der Waals surface area contributed by atoms with Gasteiger partial charge in [-0.25, -0.2) is 4.79 Å². The number of benzene rings is 1. The summed E-state index contributed by atoms with van der Waals surface area (Å²) in [6, 6.07) is 15.8. The minimum absolute atomic E-state index is 0.0263. The Bertz CT molecular complexity index is 1200. The van der Waals surface area contributed by atoms with Gasteiger partial charge in [-0.15, -0.1) is 11.3 Å². The summed E-state index contributed by atoms with van der Waals surface area (Å²) in [7, 11) is 0. The van der Waals surface area contributed by atoms with Crippen molar-refractivity contribution in [1.29, 1.82) is 5.26 Å². The number of pyridine rings is 1. The van der Waals surface area contributed by atoms with Gasteiger partial charge in [-0.05, 0) is 53.9 Å². The summed E-state index contributed by atoms with van der Waals surface area (Å²) >= 11 is 1.46. The molecular formula is C27H28N4O3S. The number of nitriles is 1. The summed E-state index contributed by atoms with van der Waals surface area (Å²) < 4.78 is 5.45. The van der Waals surface area contributed by atoms with Gasteiger partial charge in [0.05, 0.1) is 12.2 Å². The molecule has 180 valence electrons. The molecule has 2 atom stereocenters. The molecular weight excluding hydrogens is 460 g/mol. The van der Waals surface area contributed by atoms with Gasteiger partial charge >= 0.3 is 6.09 Å². The lowest BCUT2D eigenvalue weighted by Crippen LogP contribution is -2.27. The smallest absolute Gasteiger partial charge is 0.407 e. The van der Waals surface area contributed by atoms with Crippen LogP contribution in [-0.4, -0.2) is 23.6 Å². The van der Waals surface area contributed by atoms with Crippen LogP contribution in [0, 0.1) is 17.2 Å². The molecule has 0 radical (unpaired) electrons. The summed E-state index contributed by atoms with van der Waals surface area (Å²) in [5, 5.41) is 16.1. The molecule has 1 aliphatic rings. The third-order valence-electron chi connectivity index (χ3n) is 6.21. The first-order chi connectivity index (χ1) is 17.0. The van der Waals surface area contributed by atoms with Crippen LogP contribution in [0.15, 0.2) is 54.9 Å². The van der Waals surface area contributed by atoms with Gasteiger partial charge in [0.25, 0.3) is 0 Å². The molecule has 2 amide bonds. The van der Waals surface area contributed by atoms with E-state index in [0.717, 1.165) is 40.8 Å². The summed E-state index contributed by atoms with van der Waals surface area (Å²) in [6.45, 7) is 2.74. The van der Waals surface area contributed by atoms with Crippen LogP contribution in [0.4, 0.5) is 9.80 Å². The zero-order valence-electron chi connectivity index (χ0n) is 19.6. The molecule has 0 saturated carbocycles. The van der Waals surface area contributed by atoms with Crippen molar-refractivity contribution in [1.82, 2.24) is 10.3 Å². The zero-order chi connectivity index (χ0) is 24.6. The van der Waals surface area contributed by atoms with Crippen LogP contribution in [0.1, 0.15) is 52.8 Å². The van der Waals surface area contributed by atoms with Crippen LogP contribution in [0.2, 0.25) is 0 Å². The number of amides is 2. The number of carbonyl (C=O) groups is 2. The van der Waals surface area contributed by atoms with E-state index in [2.05, 4.69) is 21.7 Å². The van der Waals surface area contributed by atoms with Crippen molar-refractivity contribution >= 4 is 28.3 Å². The maximum Gasteiger partial charge on any atom is 0.407 e. The molecule has 3 aromatic rings. The Morgan fingerprint density at radius 3 is 2.83 bits per heavy atom. The molecule has 2 aromatic heterocycles. The molecule has 7 nitrogen and oxygen atoms in total. The lowest BCUT2D eigenvalue weighted by molar-refractivity contribution is -0.116.